The van der Waals surface area contributed by atoms with Crippen LogP contribution in [0.1, 0.15) is 32.0 Å². The Kier molecular flexibility index (Phi) is 6.15. The molecular formula is C25H29N5O2. The number of aryl methyl sites for hydroxylation is 1. The van der Waals surface area contributed by atoms with E-state index < -0.39 is 0 Å². The summed E-state index contributed by atoms with van der Waals surface area (Å²) in [5.74, 6) is 0.898. The molecule has 0 unspecified atom stereocenters. The first-order valence-corrected chi connectivity index (χ1v) is 11.0. The van der Waals surface area contributed by atoms with Crippen molar-refractivity contribution in [2.75, 3.05) is 24.5 Å². The molecule has 7 heteroatoms. The largest absolute Gasteiger partial charge is 0.491 e. The predicted molar refractivity (Wildman–Crippen MR) is 126 cm³/mol. The van der Waals surface area contributed by atoms with Crippen LogP contribution in [-0.2, 0) is 13.6 Å². The number of benzene rings is 1. The Morgan fingerprint density at radius 2 is 2.03 bits per heavy atom. The van der Waals surface area contributed by atoms with E-state index in [0.717, 1.165) is 43.1 Å². The van der Waals surface area contributed by atoms with Gasteiger partial charge in [0, 0.05) is 45.3 Å². The van der Waals surface area contributed by atoms with Crippen molar-refractivity contribution in [2.24, 2.45) is 7.05 Å². The van der Waals surface area contributed by atoms with Gasteiger partial charge in [0.2, 0.25) is 0 Å². The number of nitriles is 1. The molecule has 2 aromatic heterocycles. The second kappa shape index (κ2) is 9.01. The van der Waals surface area contributed by atoms with Gasteiger partial charge in [-0.3, -0.25) is 9.69 Å². The monoisotopic (exact) mass is 431 g/mol. The van der Waals surface area contributed by atoms with Crippen molar-refractivity contribution in [1.82, 2.24) is 14.5 Å². The van der Waals surface area contributed by atoms with E-state index in [4.69, 9.17) is 4.74 Å². The molecule has 32 heavy (non-hydrogen) atoms. The van der Waals surface area contributed by atoms with Crippen LogP contribution in [0.15, 0.2) is 47.3 Å². The predicted octanol–water partition coefficient (Wildman–Crippen LogP) is 3.30. The van der Waals surface area contributed by atoms with Gasteiger partial charge in [0.1, 0.15) is 23.0 Å². The van der Waals surface area contributed by atoms with E-state index >= 15 is 0 Å². The minimum atomic E-state index is -0.0735. The summed E-state index contributed by atoms with van der Waals surface area (Å²) in [4.78, 5) is 21.8. The van der Waals surface area contributed by atoms with Gasteiger partial charge in [-0.15, -0.1) is 0 Å². The molecule has 0 radical (unpaired) electrons. The molecule has 7 nitrogen and oxygen atoms in total. The van der Waals surface area contributed by atoms with E-state index in [2.05, 4.69) is 39.9 Å². The van der Waals surface area contributed by atoms with Crippen LogP contribution in [0.5, 0.6) is 5.75 Å². The fourth-order valence-electron chi connectivity index (χ4n) is 4.38. The van der Waals surface area contributed by atoms with Crippen molar-refractivity contribution < 1.29 is 4.74 Å². The molecule has 3 aromatic rings. The lowest BCUT2D eigenvalue weighted by Crippen LogP contribution is -2.52. The number of piperazine rings is 1. The van der Waals surface area contributed by atoms with E-state index in [1.54, 1.807) is 29.8 Å². The second-order valence-electron chi connectivity index (χ2n) is 8.69. The van der Waals surface area contributed by atoms with Gasteiger partial charge in [-0.05, 0) is 50.6 Å². The highest BCUT2D eigenvalue weighted by Gasteiger charge is 2.26. The van der Waals surface area contributed by atoms with Crippen LogP contribution >= 0.6 is 0 Å². The maximum atomic E-state index is 12.6. The number of ether oxygens (including phenoxy) is 1. The number of nitrogens with zero attached hydrogens (tertiary/aromatic N) is 5. The molecule has 1 saturated heterocycles. The number of anilines is 1. The highest BCUT2D eigenvalue weighted by atomic mass is 16.5. The van der Waals surface area contributed by atoms with Crippen LogP contribution in [0.4, 0.5) is 5.69 Å². The van der Waals surface area contributed by atoms with Crippen molar-refractivity contribution in [1.29, 1.82) is 5.26 Å². The van der Waals surface area contributed by atoms with Gasteiger partial charge in [-0.2, -0.15) is 5.26 Å². The normalized spacial score (nSPS) is 17.0. The molecule has 166 valence electrons. The molecule has 3 heterocycles. The summed E-state index contributed by atoms with van der Waals surface area (Å²) in [6.45, 7) is 9.59. The van der Waals surface area contributed by atoms with Crippen LogP contribution in [0.2, 0.25) is 0 Å². The van der Waals surface area contributed by atoms with Gasteiger partial charge in [0.15, 0.2) is 0 Å². The first-order chi connectivity index (χ1) is 15.4. The molecule has 1 fully saturated rings. The molecule has 0 saturated carbocycles. The maximum absolute atomic E-state index is 12.6. The fourth-order valence-corrected chi connectivity index (χ4v) is 4.38. The first-order valence-electron chi connectivity index (χ1n) is 11.0. The van der Waals surface area contributed by atoms with Crippen molar-refractivity contribution in [2.45, 2.75) is 39.5 Å². The Balaban J connectivity index is 1.56. The zero-order valence-corrected chi connectivity index (χ0v) is 19.1. The van der Waals surface area contributed by atoms with E-state index in [1.165, 1.54) is 5.56 Å². The highest BCUT2D eigenvalue weighted by molar-refractivity contribution is 5.88. The molecule has 4 rings (SSSR count). The van der Waals surface area contributed by atoms with Crippen molar-refractivity contribution in [3.8, 4) is 11.8 Å². The summed E-state index contributed by atoms with van der Waals surface area (Å²) in [5, 5.41) is 9.31. The fraction of sp³-hybridized carbons (Fsp3) is 0.400. The topological polar surface area (TPSA) is 74.4 Å². The molecule has 0 bridgehead atoms. The van der Waals surface area contributed by atoms with Gasteiger partial charge < -0.3 is 14.2 Å². The lowest BCUT2D eigenvalue weighted by atomic mass is 10.1. The first kappa shape index (κ1) is 21.8. The van der Waals surface area contributed by atoms with Crippen molar-refractivity contribution >= 4 is 16.7 Å². The smallest absolute Gasteiger partial charge is 0.252 e. The molecule has 1 aromatic carbocycles. The molecule has 0 amide bonds. The molecule has 0 spiro atoms. The van der Waals surface area contributed by atoms with Crippen molar-refractivity contribution in [3.63, 3.8) is 0 Å². The zero-order valence-electron chi connectivity index (χ0n) is 19.1. The van der Waals surface area contributed by atoms with E-state index in [-0.39, 0.29) is 17.7 Å². The molecular weight excluding hydrogens is 402 g/mol. The Morgan fingerprint density at radius 3 is 2.75 bits per heavy atom. The summed E-state index contributed by atoms with van der Waals surface area (Å²) in [6, 6.07) is 15.7. The van der Waals surface area contributed by atoms with Gasteiger partial charge >= 0.3 is 0 Å². The summed E-state index contributed by atoms with van der Waals surface area (Å²) >= 11 is 0. The average Bonchev–Trinajstić information content (AvgIpc) is 2.76. The zero-order chi connectivity index (χ0) is 22.8. The standard InChI is InChI=1S/C25H29N5O2/c1-17(2)32-21-7-5-6-19(12-21)16-29-10-11-30(18(3)15-29)23-13-24(31)28(4)22-9-8-20(14-26)27-25(22)23/h5-9,12-13,17-18H,10-11,15-16H2,1-4H3/t18-/m0/s1. The van der Waals surface area contributed by atoms with Crippen LogP contribution in [0.3, 0.4) is 0 Å². The second-order valence-corrected chi connectivity index (χ2v) is 8.69. The van der Waals surface area contributed by atoms with E-state index in [1.807, 2.05) is 26.0 Å². The quantitative estimate of drug-likeness (QED) is 0.617. The Hall–Kier alpha value is -3.37. The Morgan fingerprint density at radius 1 is 1.22 bits per heavy atom. The summed E-state index contributed by atoms with van der Waals surface area (Å²) in [7, 11) is 1.74. The molecule has 1 atom stereocenters. The molecule has 0 aliphatic carbocycles. The number of aromatic nitrogens is 2. The van der Waals surface area contributed by atoms with Crippen LogP contribution in [-0.4, -0.2) is 46.2 Å². The van der Waals surface area contributed by atoms with Crippen LogP contribution < -0.4 is 15.2 Å². The molecule has 1 aliphatic rings. The Labute approximate surface area is 188 Å². The lowest BCUT2D eigenvalue weighted by Gasteiger charge is -2.41. The van der Waals surface area contributed by atoms with E-state index in [9.17, 15) is 10.1 Å². The van der Waals surface area contributed by atoms with Gasteiger partial charge in [0.05, 0.1) is 17.3 Å². The van der Waals surface area contributed by atoms with Crippen LogP contribution in [0, 0.1) is 11.3 Å². The van der Waals surface area contributed by atoms with E-state index in [0.29, 0.717) is 11.2 Å². The third kappa shape index (κ3) is 4.46. The van der Waals surface area contributed by atoms with Crippen LogP contribution in [0.25, 0.3) is 11.0 Å². The summed E-state index contributed by atoms with van der Waals surface area (Å²) < 4.78 is 7.42. The highest BCUT2D eigenvalue weighted by Crippen LogP contribution is 2.28. The molecule has 0 N–H and O–H groups in total. The Bertz CT molecular complexity index is 1230. The number of hydrogen-bond donors (Lipinski definition) is 0. The minimum absolute atomic E-state index is 0.0735. The van der Waals surface area contributed by atoms with Gasteiger partial charge in [-0.25, -0.2) is 4.98 Å². The number of rotatable bonds is 5. The SMILES string of the molecule is CC(C)Oc1cccc(CN2CCN(c3cc(=O)n(C)c4ccc(C#N)nc34)[C@@H](C)C2)c1. The molecule has 1 aliphatic heterocycles. The summed E-state index contributed by atoms with van der Waals surface area (Å²) in [6.07, 6.45) is 0.150. The minimum Gasteiger partial charge on any atom is -0.491 e. The number of hydrogen-bond acceptors (Lipinski definition) is 6. The third-order valence-electron chi connectivity index (χ3n) is 5.88. The van der Waals surface area contributed by atoms with Gasteiger partial charge in [0.25, 0.3) is 5.56 Å². The van der Waals surface area contributed by atoms with Gasteiger partial charge in [-0.1, -0.05) is 12.1 Å². The summed E-state index contributed by atoms with van der Waals surface area (Å²) in [5.41, 5.74) is 3.75. The number of fused-ring (bicyclic) bond motifs is 1. The average molecular weight is 432 g/mol. The van der Waals surface area contributed by atoms with Crippen molar-refractivity contribution in [3.05, 3.63) is 64.1 Å². The third-order valence-corrected chi connectivity index (χ3v) is 5.88. The number of pyridine rings is 2. The maximum Gasteiger partial charge on any atom is 0.252 e. The lowest BCUT2D eigenvalue weighted by molar-refractivity contribution is 0.219.